The fourth-order valence-electron chi connectivity index (χ4n) is 3.70. The van der Waals surface area contributed by atoms with Gasteiger partial charge in [0.05, 0.1) is 23.6 Å². The minimum atomic E-state index is -4.75. The van der Waals surface area contributed by atoms with Gasteiger partial charge in [0.2, 0.25) is 5.91 Å². The van der Waals surface area contributed by atoms with E-state index in [0.29, 0.717) is 11.1 Å². The summed E-state index contributed by atoms with van der Waals surface area (Å²) in [5.41, 5.74) is 6.64. The Morgan fingerprint density at radius 3 is 1.91 bits per heavy atom. The van der Waals surface area contributed by atoms with Crippen molar-refractivity contribution in [1.29, 1.82) is 5.26 Å². The highest BCUT2D eigenvalue weighted by atomic mass is 32.2. The SMILES string of the molecule is CC(C)C[C@@H](C(N)=O)N(CC#N)[C@@H](c1ccc(/C=C\c2ccc(S(C)(=O)=O)cc2)cc1)C(F)(F)F. The van der Waals surface area contributed by atoms with Gasteiger partial charge in [0.1, 0.15) is 6.04 Å². The van der Waals surface area contributed by atoms with Gasteiger partial charge in [0.25, 0.3) is 0 Å². The van der Waals surface area contributed by atoms with E-state index in [1.807, 2.05) is 0 Å². The van der Waals surface area contributed by atoms with Gasteiger partial charge in [-0.2, -0.15) is 18.4 Å². The second kappa shape index (κ2) is 11.5. The van der Waals surface area contributed by atoms with Gasteiger partial charge in [-0.1, -0.05) is 62.4 Å². The molecule has 0 aromatic heterocycles. The van der Waals surface area contributed by atoms with Crippen LogP contribution in [0.15, 0.2) is 53.4 Å². The summed E-state index contributed by atoms with van der Waals surface area (Å²) >= 11 is 0. The minimum absolute atomic E-state index is 0.0858. The maximum atomic E-state index is 14.2. The lowest BCUT2D eigenvalue weighted by molar-refractivity contribution is -0.192. The van der Waals surface area contributed by atoms with E-state index in [9.17, 15) is 31.6 Å². The van der Waals surface area contributed by atoms with Gasteiger partial charge in [-0.05, 0) is 41.2 Å². The van der Waals surface area contributed by atoms with Gasteiger partial charge in [0.15, 0.2) is 9.84 Å². The molecule has 0 heterocycles. The molecular formula is C25H28F3N3O3S. The third kappa shape index (κ3) is 7.94. The molecule has 2 rings (SSSR count). The first-order valence-electron chi connectivity index (χ1n) is 10.8. The predicted molar refractivity (Wildman–Crippen MR) is 128 cm³/mol. The minimum Gasteiger partial charge on any atom is -0.368 e. The van der Waals surface area contributed by atoms with Crippen LogP contribution in [0.4, 0.5) is 13.2 Å². The number of rotatable bonds is 10. The lowest BCUT2D eigenvalue weighted by Crippen LogP contribution is -2.51. The second-order valence-electron chi connectivity index (χ2n) is 8.66. The molecule has 2 aromatic rings. The van der Waals surface area contributed by atoms with E-state index in [1.54, 1.807) is 44.2 Å². The summed E-state index contributed by atoms with van der Waals surface area (Å²) in [6, 6.07) is 10.1. The summed E-state index contributed by atoms with van der Waals surface area (Å²) in [6.45, 7) is 2.91. The number of hydrogen-bond acceptors (Lipinski definition) is 5. The lowest BCUT2D eigenvalue weighted by Gasteiger charge is -2.37. The molecule has 0 spiro atoms. The molecule has 0 bridgehead atoms. The number of primary amides is 1. The molecule has 0 aliphatic heterocycles. The standard InChI is InChI=1S/C25H28F3N3O3S/c1-17(2)16-22(24(30)32)31(15-14-29)23(25(26,27)28)20-10-6-18(7-11-20)4-5-19-8-12-21(13-9-19)35(3,33)34/h4-13,17,22-23H,15-16H2,1-3H3,(H2,30,32)/b5-4-/t22-,23-/m0/s1. The number of amides is 1. The van der Waals surface area contributed by atoms with Crippen molar-refractivity contribution in [2.45, 2.75) is 43.4 Å². The molecule has 0 aliphatic carbocycles. The lowest BCUT2D eigenvalue weighted by atomic mass is 9.96. The van der Waals surface area contributed by atoms with Crippen molar-refractivity contribution in [3.8, 4) is 6.07 Å². The van der Waals surface area contributed by atoms with E-state index < -0.39 is 40.5 Å². The van der Waals surface area contributed by atoms with Gasteiger partial charge in [-0.3, -0.25) is 9.69 Å². The van der Waals surface area contributed by atoms with Crippen LogP contribution >= 0.6 is 0 Å². The van der Waals surface area contributed by atoms with E-state index >= 15 is 0 Å². The number of nitriles is 1. The highest BCUT2D eigenvalue weighted by Gasteiger charge is 2.47. The Labute approximate surface area is 203 Å². The molecule has 35 heavy (non-hydrogen) atoms. The Hall–Kier alpha value is -3.16. The van der Waals surface area contributed by atoms with E-state index in [1.165, 1.54) is 36.4 Å². The summed E-state index contributed by atoms with van der Waals surface area (Å²) in [4.78, 5) is 13.0. The first-order valence-corrected chi connectivity index (χ1v) is 12.7. The fraction of sp³-hybridized carbons (Fsp3) is 0.360. The average Bonchev–Trinajstić information content (AvgIpc) is 2.75. The Morgan fingerprint density at radius 2 is 1.54 bits per heavy atom. The number of nitrogens with two attached hydrogens (primary N) is 1. The molecule has 188 valence electrons. The van der Waals surface area contributed by atoms with Crippen LogP contribution in [0.2, 0.25) is 0 Å². The van der Waals surface area contributed by atoms with Crippen LogP contribution in [-0.4, -0.2) is 44.2 Å². The molecule has 2 aromatic carbocycles. The molecule has 6 nitrogen and oxygen atoms in total. The topological polar surface area (TPSA) is 104 Å². The van der Waals surface area contributed by atoms with Crippen LogP contribution in [0.25, 0.3) is 12.2 Å². The number of benzene rings is 2. The Bertz CT molecular complexity index is 1180. The third-order valence-corrected chi connectivity index (χ3v) is 6.48. The van der Waals surface area contributed by atoms with Gasteiger partial charge < -0.3 is 5.73 Å². The van der Waals surface area contributed by atoms with Crippen LogP contribution in [-0.2, 0) is 14.6 Å². The molecular weight excluding hydrogens is 479 g/mol. The number of carbonyl (C=O) groups is 1. The number of sulfone groups is 1. The molecule has 2 atom stereocenters. The van der Waals surface area contributed by atoms with Crippen molar-refractivity contribution in [3.63, 3.8) is 0 Å². The summed E-state index contributed by atoms with van der Waals surface area (Å²) in [7, 11) is -3.31. The predicted octanol–water partition coefficient (Wildman–Crippen LogP) is 4.59. The maximum absolute atomic E-state index is 14.2. The van der Waals surface area contributed by atoms with E-state index in [4.69, 9.17) is 5.73 Å². The van der Waals surface area contributed by atoms with Crippen molar-refractivity contribution in [1.82, 2.24) is 4.90 Å². The van der Waals surface area contributed by atoms with Crippen molar-refractivity contribution in [3.05, 3.63) is 65.2 Å². The monoisotopic (exact) mass is 507 g/mol. The van der Waals surface area contributed by atoms with E-state index in [2.05, 4.69) is 0 Å². The van der Waals surface area contributed by atoms with Gasteiger partial charge in [-0.25, -0.2) is 8.42 Å². The van der Waals surface area contributed by atoms with Crippen molar-refractivity contribution in [2.75, 3.05) is 12.8 Å². The Balaban J connectivity index is 2.36. The number of hydrogen-bond donors (Lipinski definition) is 1. The van der Waals surface area contributed by atoms with Crippen molar-refractivity contribution < 1.29 is 26.4 Å². The molecule has 10 heteroatoms. The van der Waals surface area contributed by atoms with Gasteiger partial charge in [0, 0.05) is 6.26 Å². The normalized spacial score (nSPS) is 14.3. The number of halogens is 3. The van der Waals surface area contributed by atoms with Crippen molar-refractivity contribution >= 4 is 27.9 Å². The number of carbonyl (C=O) groups excluding carboxylic acids is 1. The van der Waals surface area contributed by atoms with Crippen LogP contribution < -0.4 is 5.73 Å². The second-order valence-corrected chi connectivity index (χ2v) is 10.7. The summed E-state index contributed by atoms with van der Waals surface area (Å²) in [5.74, 6) is -1.02. The molecule has 0 unspecified atom stereocenters. The quantitative estimate of drug-likeness (QED) is 0.374. The zero-order valence-electron chi connectivity index (χ0n) is 19.7. The van der Waals surface area contributed by atoms with Crippen LogP contribution in [0.3, 0.4) is 0 Å². The molecule has 2 N–H and O–H groups in total. The smallest absolute Gasteiger partial charge is 0.368 e. The van der Waals surface area contributed by atoms with Crippen LogP contribution in [0.5, 0.6) is 0 Å². The molecule has 0 radical (unpaired) electrons. The largest absolute Gasteiger partial charge is 0.408 e. The molecule has 0 aliphatic rings. The van der Waals surface area contributed by atoms with Crippen LogP contribution in [0, 0.1) is 17.2 Å². The van der Waals surface area contributed by atoms with Gasteiger partial charge in [-0.15, -0.1) is 0 Å². The number of nitrogens with zero attached hydrogens (tertiary/aromatic N) is 2. The Morgan fingerprint density at radius 1 is 1.06 bits per heavy atom. The Kier molecular flexibility index (Phi) is 9.24. The molecule has 0 saturated heterocycles. The highest BCUT2D eigenvalue weighted by Crippen LogP contribution is 2.39. The first-order chi connectivity index (χ1) is 16.2. The number of alkyl halides is 3. The maximum Gasteiger partial charge on any atom is 0.408 e. The molecule has 0 fully saturated rings. The molecule has 1 amide bonds. The zero-order valence-corrected chi connectivity index (χ0v) is 20.5. The summed E-state index contributed by atoms with van der Waals surface area (Å²) in [6.07, 6.45) is -0.168. The van der Waals surface area contributed by atoms with Crippen LogP contribution in [0.1, 0.15) is 43.0 Å². The fourth-order valence-corrected chi connectivity index (χ4v) is 4.33. The van der Waals surface area contributed by atoms with Gasteiger partial charge >= 0.3 is 6.18 Å². The van der Waals surface area contributed by atoms with Crippen molar-refractivity contribution in [2.24, 2.45) is 11.7 Å². The summed E-state index contributed by atoms with van der Waals surface area (Å²) < 4.78 is 65.6. The van der Waals surface area contributed by atoms with E-state index in [0.717, 1.165) is 11.2 Å². The average molecular weight is 508 g/mol. The first kappa shape index (κ1) is 28.1. The van der Waals surface area contributed by atoms with E-state index in [-0.39, 0.29) is 22.8 Å². The highest BCUT2D eigenvalue weighted by molar-refractivity contribution is 7.90. The summed E-state index contributed by atoms with van der Waals surface area (Å²) in [5, 5.41) is 9.19. The zero-order chi connectivity index (χ0) is 26.4. The molecule has 0 saturated carbocycles. The third-order valence-electron chi connectivity index (χ3n) is 5.35.